The van der Waals surface area contributed by atoms with Crippen molar-refractivity contribution in [1.29, 1.82) is 0 Å². The molecule has 1 aliphatic heterocycles. The Labute approximate surface area is 164 Å². The quantitative estimate of drug-likeness (QED) is 0.805. The van der Waals surface area contributed by atoms with Gasteiger partial charge >= 0.3 is 0 Å². The molecule has 4 nitrogen and oxygen atoms in total. The first-order valence-corrected chi connectivity index (χ1v) is 9.71. The fourth-order valence-corrected chi connectivity index (χ4v) is 3.54. The third-order valence-electron chi connectivity index (χ3n) is 4.68. The van der Waals surface area contributed by atoms with Gasteiger partial charge in [0.15, 0.2) is 0 Å². The van der Waals surface area contributed by atoms with Crippen molar-refractivity contribution in [2.45, 2.75) is 38.3 Å². The number of nitrogens with one attached hydrogen (secondary N) is 1. The number of carbonyl (C=O) groups excluding carboxylic acids is 1. The summed E-state index contributed by atoms with van der Waals surface area (Å²) < 4.78 is 0. The van der Waals surface area contributed by atoms with Crippen molar-refractivity contribution in [2.24, 2.45) is 0 Å². The average Bonchev–Trinajstić information content (AvgIpc) is 2.65. The van der Waals surface area contributed by atoms with Gasteiger partial charge in [-0.3, -0.25) is 14.7 Å². The van der Waals surface area contributed by atoms with Gasteiger partial charge in [0, 0.05) is 44.0 Å². The zero-order valence-electron chi connectivity index (χ0n) is 14.6. The second-order valence-corrected chi connectivity index (χ2v) is 7.50. The second-order valence-electron chi connectivity index (χ2n) is 6.69. The lowest BCUT2D eigenvalue weighted by atomic mass is 10.0. The second kappa shape index (κ2) is 9.36. The van der Waals surface area contributed by atoms with Crippen LogP contribution in [0.2, 0.25) is 10.0 Å². The Balaban J connectivity index is 1.39. The Morgan fingerprint density at radius 3 is 2.65 bits per heavy atom. The van der Waals surface area contributed by atoms with E-state index in [0.29, 0.717) is 22.9 Å². The molecule has 1 amide bonds. The van der Waals surface area contributed by atoms with Crippen molar-refractivity contribution >= 4 is 29.1 Å². The molecule has 3 rings (SSSR count). The molecule has 2 aromatic rings. The van der Waals surface area contributed by atoms with Crippen molar-refractivity contribution in [3.8, 4) is 0 Å². The number of halogens is 2. The fraction of sp³-hybridized carbons (Fsp3) is 0.400. The van der Waals surface area contributed by atoms with Gasteiger partial charge in [0.05, 0.1) is 10.0 Å². The molecule has 0 atom stereocenters. The number of aryl methyl sites for hydroxylation is 1. The Hall–Kier alpha value is -1.62. The first-order valence-electron chi connectivity index (χ1n) is 8.96. The summed E-state index contributed by atoms with van der Waals surface area (Å²) in [5, 5.41) is 4.34. The number of pyridine rings is 1. The van der Waals surface area contributed by atoms with E-state index in [4.69, 9.17) is 23.2 Å². The van der Waals surface area contributed by atoms with Crippen molar-refractivity contribution < 1.29 is 4.79 Å². The number of aromatic nitrogens is 1. The van der Waals surface area contributed by atoms with Crippen LogP contribution >= 0.6 is 23.2 Å². The average molecular weight is 392 g/mol. The third-order valence-corrected chi connectivity index (χ3v) is 5.42. The van der Waals surface area contributed by atoms with E-state index in [2.05, 4.69) is 15.2 Å². The molecule has 138 valence electrons. The van der Waals surface area contributed by atoms with Crippen LogP contribution in [0.25, 0.3) is 0 Å². The third kappa shape index (κ3) is 5.70. The number of piperidine rings is 1. The summed E-state index contributed by atoms with van der Waals surface area (Å²) in [7, 11) is 0. The molecular formula is C20H23Cl2N3O. The molecule has 1 aliphatic rings. The SMILES string of the molecule is O=C(CCc1ccccn1)NC1CCN(Cc2ccc(Cl)c(Cl)c2)CC1. The van der Waals surface area contributed by atoms with Crippen LogP contribution in [0.3, 0.4) is 0 Å². The van der Waals surface area contributed by atoms with Gasteiger partial charge in [0.2, 0.25) is 5.91 Å². The van der Waals surface area contributed by atoms with Crippen LogP contribution in [-0.2, 0) is 17.8 Å². The molecule has 1 fully saturated rings. The molecular weight excluding hydrogens is 369 g/mol. The van der Waals surface area contributed by atoms with Gasteiger partial charge < -0.3 is 5.32 Å². The zero-order valence-corrected chi connectivity index (χ0v) is 16.1. The van der Waals surface area contributed by atoms with E-state index in [0.717, 1.165) is 43.7 Å². The van der Waals surface area contributed by atoms with E-state index in [1.807, 2.05) is 36.4 Å². The number of nitrogens with zero attached hydrogens (tertiary/aromatic N) is 2. The molecule has 1 N–H and O–H groups in total. The highest BCUT2D eigenvalue weighted by atomic mass is 35.5. The molecule has 0 unspecified atom stereocenters. The number of benzene rings is 1. The maximum absolute atomic E-state index is 12.1. The molecule has 0 saturated carbocycles. The molecule has 2 heterocycles. The Bertz CT molecular complexity index is 731. The van der Waals surface area contributed by atoms with Gasteiger partial charge in [-0.05, 0) is 49.1 Å². The predicted octanol–water partition coefficient (Wildman–Crippen LogP) is 4.10. The number of amides is 1. The topological polar surface area (TPSA) is 45.2 Å². The lowest BCUT2D eigenvalue weighted by molar-refractivity contribution is -0.122. The highest BCUT2D eigenvalue weighted by Crippen LogP contribution is 2.24. The minimum atomic E-state index is 0.110. The Morgan fingerprint density at radius 1 is 1.15 bits per heavy atom. The molecule has 1 aromatic carbocycles. The first-order chi connectivity index (χ1) is 12.6. The van der Waals surface area contributed by atoms with Crippen LogP contribution in [0.1, 0.15) is 30.5 Å². The van der Waals surface area contributed by atoms with Crippen LogP contribution in [0.5, 0.6) is 0 Å². The minimum Gasteiger partial charge on any atom is -0.353 e. The molecule has 0 bridgehead atoms. The van der Waals surface area contributed by atoms with Gasteiger partial charge in [0.25, 0.3) is 0 Å². The van der Waals surface area contributed by atoms with E-state index in [-0.39, 0.29) is 11.9 Å². The number of hydrogen-bond donors (Lipinski definition) is 1. The first kappa shape index (κ1) is 19.2. The van der Waals surface area contributed by atoms with Crippen molar-refractivity contribution in [3.05, 3.63) is 63.9 Å². The van der Waals surface area contributed by atoms with Crippen molar-refractivity contribution in [3.63, 3.8) is 0 Å². The maximum atomic E-state index is 12.1. The predicted molar refractivity (Wildman–Crippen MR) is 105 cm³/mol. The van der Waals surface area contributed by atoms with Gasteiger partial charge in [0.1, 0.15) is 0 Å². The van der Waals surface area contributed by atoms with E-state index in [1.54, 1.807) is 6.20 Å². The molecule has 1 saturated heterocycles. The summed E-state index contributed by atoms with van der Waals surface area (Å²) in [6.45, 7) is 2.79. The molecule has 26 heavy (non-hydrogen) atoms. The van der Waals surface area contributed by atoms with Gasteiger partial charge in [-0.15, -0.1) is 0 Å². The van der Waals surface area contributed by atoms with Crippen LogP contribution in [0.4, 0.5) is 0 Å². The highest BCUT2D eigenvalue weighted by Gasteiger charge is 2.20. The zero-order chi connectivity index (χ0) is 18.4. The number of hydrogen-bond acceptors (Lipinski definition) is 3. The van der Waals surface area contributed by atoms with Gasteiger partial charge in [-0.25, -0.2) is 0 Å². The fourth-order valence-electron chi connectivity index (χ4n) is 3.22. The van der Waals surface area contributed by atoms with E-state index >= 15 is 0 Å². The maximum Gasteiger partial charge on any atom is 0.220 e. The Kier molecular flexibility index (Phi) is 6.89. The lowest BCUT2D eigenvalue weighted by Crippen LogP contribution is -2.44. The van der Waals surface area contributed by atoms with E-state index in [1.165, 1.54) is 0 Å². The van der Waals surface area contributed by atoms with E-state index < -0.39 is 0 Å². The monoisotopic (exact) mass is 391 g/mol. The summed E-state index contributed by atoms with van der Waals surface area (Å²) in [6, 6.07) is 11.8. The highest BCUT2D eigenvalue weighted by molar-refractivity contribution is 6.42. The normalized spacial score (nSPS) is 15.8. The van der Waals surface area contributed by atoms with Gasteiger partial charge in [-0.1, -0.05) is 35.3 Å². The largest absolute Gasteiger partial charge is 0.353 e. The van der Waals surface area contributed by atoms with Crippen molar-refractivity contribution in [1.82, 2.24) is 15.2 Å². The number of carbonyl (C=O) groups is 1. The number of rotatable bonds is 6. The summed E-state index contributed by atoms with van der Waals surface area (Å²) in [5.74, 6) is 0.110. The summed E-state index contributed by atoms with van der Waals surface area (Å²) in [6.07, 6.45) is 4.87. The lowest BCUT2D eigenvalue weighted by Gasteiger charge is -2.32. The molecule has 0 spiro atoms. The van der Waals surface area contributed by atoms with Crippen LogP contribution < -0.4 is 5.32 Å². The smallest absolute Gasteiger partial charge is 0.220 e. The standard InChI is InChI=1S/C20H23Cl2N3O/c21-18-6-4-15(13-19(18)22)14-25-11-8-17(9-12-25)24-20(26)7-5-16-3-1-2-10-23-16/h1-4,6,10,13,17H,5,7-9,11-12,14H2,(H,24,26). The van der Waals surface area contributed by atoms with Gasteiger partial charge in [-0.2, -0.15) is 0 Å². The Morgan fingerprint density at radius 2 is 1.96 bits per heavy atom. The molecule has 6 heteroatoms. The molecule has 1 aromatic heterocycles. The minimum absolute atomic E-state index is 0.110. The molecule has 0 aliphatic carbocycles. The summed E-state index contributed by atoms with van der Waals surface area (Å²) in [4.78, 5) is 18.8. The summed E-state index contributed by atoms with van der Waals surface area (Å²) >= 11 is 12.0. The van der Waals surface area contributed by atoms with Crippen LogP contribution in [0, 0.1) is 0 Å². The van der Waals surface area contributed by atoms with E-state index in [9.17, 15) is 4.79 Å². The molecule has 0 radical (unpaired) electrons. The van der Waals surface area contributed by atoms with Crippen LogP contribution in [0.15, 0.2) is 42.6 Å². The number of likely N-dealkylation sites (tertiary alicyclic amines) is 1. The van der Waals surface area contributed by atoms with Crippen molar-refractivity contribution in [2.75, 3.05) is 13.1 Å². The summed E-state index contributed by atoms with van der Waals surface area (Å²) in [5.41, 5.74) is 2.12. The van der Waals surface area contributed by atoms with Crippen LogP contribution in [-0.4, -0.2) is 34.9 Å².